The molecule has 46 heavy (non-hydrogen) atoms. The number of ether oxygens (including phenoxy) is 1. The molecule has 0 amide bonds. The molecule has 0 aromatic carbocycles. The molecule has 0 spiro atoms. The van der Waals surface area contributed by atoms with Crippen molar-refractivity contribution in [2.24, 2.45) is 17.8 Å². The van der Waals surface area contributed by atoms with Crippen LogP contribution in [0.5, 0.6) is 0 Å². The zero-order chi connectivity index (χ0) is 32.0. The number of imidazole rings is 2. The zero-order valence-corrected chi connectivity index (χ0v) is 27.4. The van der Waals surface area contributed by atoms with Gasteiger partial charge in [-0.3, -0.25) is 18.4 Å². The number of hydrogen-bond acceptors (Lipinski definition) is 15. The second-order valence-electron chi connectivity index (χ2n) is 11.4. The molecule has 3 N–H and O–H groups in total. The maximum Gasteiger partial charge on any atom is 0.386 e. The van der Waals surface area contributed by atoms with Crippen LogP contribution in [0, 0.1) is 17.8 Å². The Hall–Kier alpha value is -2.87. The number of aromatic nitrogens is 10. The second kappa shape index (κ2) is 11.1. The normalized spacial score (nSPS) is 35.7. The number of anilines is 1. The summed E-state index contributed by atoms with van der Waals surface area (Å²) >= 11 is 8.51. The van der Waals surface area contributed by atoms with Gasteiger partial charge in [-0.2, -0.15) is 0 Å². The molecule has 8 rings (SSSR count). The third-order valence-electron chi connectivity index (χ3n) is 8.84. The number of hydrogen-bond donors (Lipinski definition) is 4. The number of aromatic amines is 1. The first-order valence-corrected chi connectivity index (χ1v) is 19.5. The Balaban J connectivity index is 1.06. The fourth-order valence-corrected chi connectivity index (χ4v) is 9.21. The van der Waals surface area contributed by atoms with Gasteiger partial charge in [0.05, 0.1) is 32.5 Å². The van der Waals surface area contributed by atoms with Crippen LogP contribution >= 0.6 is 38.1 Å². The summed E-state index contributed by atoms with van der Waals surface area (Å²) in [7, 11) is 0. The van der Waals surface area contributed by atoms with Crippen molar-refractivity contribution in [3.05, 3.63) is 35.7 Å². The van der Waals surface area contributed by atoms with Crippen LogP contribution in [0.15, 0.2) is 30.1 Å². The number of H-pyrrole nitrogens is 1. The largest absolute Gasteiger partial charge is 0.386 e. The number of thiol groups is 2. The molecule has 9 atom stereocenters. The van der Waals surface area contributed by atoms with Crippen LogP contribution in [-0.2, 0) is 32.0 Å². The minimum atomic E-state index is -3.95. The molecule has 0 radical (unpaired) electrons. The molecule has 23 heteroatoms. The summed E-state index contributed by atoms with van der Waals surface area (Å²) in [5.41, 5.74) is 7.05. The third-order valence-corrected chi connectivity index (χ3v) is 12.1. The summed E-state index contributed by atoms with van der Waals surface area (Å²) in [6, 6.07) is -0.260. The minimum Gasteiger partial charge on any atom is -0.382 e. The highest BCUT2D eigenvalue weighted by molar-refractivity contribution is 8.44. The summed E-state index contributed by atoms with van der Waals surface area (Å²) < 4.78 is 61.3. The molecule has 2 saturated heterocycles. The highest BCUT2D eigenvalue weighted by Gasteiger charge is 2.50. The number of rotatable bonds is 2. The van der Waals surface area contributed by atoms with E-state index in [1.54, 1.807) is 15.5 Å². The van der Waals surface area contributed by atoms with Crippen molar-refractivity contribution in [1.82, 2.24) is 48.7 Å². The van der Waals surface area contributed by atoms with Crippen LogP contribution in [0.25, 0.3) is 28.1 Å². The number of nitrogens with one attached hydrogen (secondary N) is 1. The van der Waals surface area contributed by atoms with Crippen LogP contribution in [0.3, 0.4) is 0 Å². The van der Waals surface area contributed by atoms with Gasteiger partial charge in [0, 0.05) is 17.9 Å². The topological polar surface area (TPSA) is 231 Å². The Morgan fingerprint density at radius 1 is 0.978 bits per heavy atom. The summed E-state index contributed by atoms with van der Waals surface area (Å²) in [6.07, 6.45) is 3.76. The fraction of sp³-hybridized carbons (Fsp3) is 0.522. The first-order valence-electron chi connectivity index (χ1n) is 14.1. The highest BCUT2D eigenvalue weighted by Crippen LogP contribution is 2.61. The number of fused-ring (bicyclic) bond motifs is 5. The lowest BCUT2D eigenvalue weighted by Gasteiger charge is -2.45. The molecule has 3 fully saturated rings. The quantitative estimate of drug-likeness (QED) is 0.152. The average molecular weight is 712 g/mol. The van der Waals surface area contributed by atoms with Crippen molar-refractivity contribution in [2.45, 2.75) is 37.8 Å². The van der Waals surface area contributed by atoms with Gasteiger partial charge in [-0.25, -0.2) is 33.5 Å². The second-order valence-corrected chi connectivity index (χ2v) is 17.2. The zero-order valence-electron chi connectivity index (χ0n) is 23.8. The summed E-state index contributed by atoms with van der Waals surface area (Å²) in [5.74, 6) is -0.528. The van der Waals surface area contributed by atoms with E-state index in [-0.39, 0.29) is 60.4 Å². The van der Waals surface area contributed by atoms with Gasteiger partial charge in [-0.05, 0) is 12.3 Å². The van der Waals surface area contributed by atoms with Crippen molar-refractivity contribution < 1.29 is 32.0 Å². The standard InChI is InChI=1S/C23H27N11O8P2S2/c1-10-17-14(41-22(10)33-8-27-15-18(24)25-6-26-19(15)33)5-40-43(36,45)39-4-12-11(3-38-44(37,46)42-17)2-13(12)32-7-28-16-20(32)30-23-31-29-9-34(23)21(16)35/h6-14,17,22H,2-5H2,1H3,(H,30,31)(H,36,45)(H,37,46)(H2,24,25,26)/t10-,11-,12-,13-,14-,17+,22-,43?,44?/m1/s1. The van der Waals surface area contributed by atoms with E-state index in [4.69, 9.17) is 28.6 Å². The van der Waals surface area contributed by atoms with Crippen molar-refractivity contribution >= 4 is 72.0 Å². The van der Waals surface area contributed by atoms with Crippen LogP contribution in [0.1, 0.15) is 25.6 Å². The molecule has 5 aromatic heterocycles. The first-order chi connectivity index (χ1) is 22.0. The Morgan fingerprint density at radius 3 is 2.59 bits per heavy atom. The lowest BCUT2D eigenvalue weighted by molar-refractivity contribution is -0.0388. The first kappa shape index (κ1) is 30.5. The van der Waals surface area contributed by atoms with Gasteiger partial charge in [0.15, 0.2) is 17.0 Å². The van der Waals surface area contributed by atoms with E-state index in [0.717, 1.165) is 0 Å². The van der Waals surface area contributed by atoms with E-state index in [1.807, 2.05) is 6.92 Å². The number of nitrogens with zero attached hydrogens (tertiary/aromatic N) is 9. The molecule has 2 unspecified atom stereocenters. The third kappa shape index (κ3) is 5.09. The van der Waals surface area contributed by atoms with E-state index in [0.29, 0.717) is 23.2 Å². The minimum absolute atomic E-state index is 0.000976. The molecule has 1 saturated carbocycles. The SMILES string of the molecule is C[C@@H]1[C@@H]2OP(=O)(S)OC[C@H]3C[C@@H](n4cnc5c(=O)n6cnnc6[nH]c54)[C@@H]3COP(=O)(S)OC[C@H]2O[C@H]1n1cnc2c(N)ncnc21. The predicted octanol–water partition coefficient (Wildman–Crippen LogP) is 2.42. The Labute approximate surface area is 268 Å². The monoisotopic (exact) mass is 711 g/mol. The molecule has 244 valence electrons. The highest BCUT2D eigenvalue weighted by atomic mass is 32.7. The van der Waals surface area contributed by atoms with E-state index < -0.39 is 37.9 Å². The van der Waals surface area contributed by atoms with Crippen molar-refractivity contribution in [1.29, 1.82) is 0 Å². The maximum atomic E-state index is 13.6. The van der Waals surface area contributed by atoms with Gasteiger partial charge < -0.3 is 29.1 Å². The van der Waals surface area contributed by atoms with E-state index in [2.05, 4.69) is 59.6 Å². The van der Waals surface area contributed by atoms with Gasteiger partial charge in [0.2, 0.25) is 5.78 Å². The van der Waals surface area contributed by atoms with Crippen molar-refractivity contribution in [3.8, 4) is 0 Å². The van der Waals surface area contributed by atoms with Crippen molar-refractivity contribution in [2.75, 3.05) is 25.6 Å². The lowest BCUT2D eigenvalue weighted by atomic mass is 9.70. The molecular formula is C23H27N11O8P2S2. The van der Waals surface area contributed by atoms with Gasteiger partial charge in [-0.15, -0.1) is 10.2 Å². The number of nitrogen functional groups attached to an aromatic ring is 1. The molecular weight excluding hydrogens is 684 g/mol. The Bertz CT molecular complexity index is 2140. The Morgan fingerprint density at radius 2 is 1.74 bits per heavy atom. The molecule has 2 aliphatic heterocycles. The molecule has 1 aliphatic carbocycles. The van der Waals surface area contributed by atoms with Crippen LogP contribution in [0.2, 0.25) is 0 Å². The van der Waals surface area contributed by atoms with Gasteiger partial charge in [-0.1, -0.05) is 31.4 Å². The number of nitrogens with two attached hydrogens (primary N) is 1. The molecule has 19 nitrogen and oxygen atoms in total. The van der Waals surface area contributed by atoms with Gasteiger partial charge >= 0.3 is 13.6 Å². The molecule has 3 aliphatic rings. The van der Waals surface area contributed by atoms with Crippen LogP contribution < -0.4 is 11.3 Å². The van der Waals surface area contributed by atoms with Crippen molar-refractivity contribution in [3.63, 3.8) is 0 Å². The summed E-state index contributed by atoms with van der Waals surface area (Å²) in [6.45, 7) is -6.38. The summed E-state index contributed by atoms with van der Waals surface area (Å²) in [4.78, 5) is 32.8. The van der Waals surface area contributed by atoms with E-state index >= 15 is 0 Å². The predicted molar refractivity (Wildman–Crippen MR) is 166 cm³/mol. The average Bonchev–Trinajstić information content (AvgIpc) is 3.79. The molecule has 7 heterocycles. The lowest BCUT2D eigenvalue weighted by Crippen LogP contribution is -2.43. The van der Waals surface area contributed by atoms with Crippen LogP contribution in [0.4, 0.5) is 5.82 Å². The Kier molecular flexibility index (Phi) is 7.35. The van der Waals surface area contributed by atoms with E-state index in [9.17, 15) is 13.9 Å². The fourth-order valence-electron chi connectivity index (χ4n) is 6.43. The van der Waals surface area contributed by atoms with E-state index in [1.165, 1.54) is 23.4 Å². The van der Waals surface area contributed by atoms with Crippen LogP contribution in [-0.4, -0.2) is 80.7 Å². The maximum absolute atomic E-state index is 13.6. The smallest absolute Gasteiger partial charge is 0.382 e. The molecule has 0 bridgehead atoms. The molecule has 5 aromatic rings. The van der Waals surface area contributed by atoms with Gasteiger partial charge in [0.25, 0.3) is 5.56 Å². The summed E-state index contributed by atoms with van der Waals surface area (Å²) in [5, 5.41) is 7.72. The van der Waals surface area contributed by atoms with Gasteiger partial charge in [0.1, 0.15) is 42.3 Å².